The number of rotatable bonds is 4. The summed E-state index contributed by atoms with van der Waals surface area (Å²) in [6.45, 7) is 4.30. The first kappa shape index (κ1) is 18.7. The first-order valence-corrected chi connectivity index (χ1v) is 9.80. The van der Waals surface area contributed by atoms with Crippen molar-refractivity contribution in [2.24, 2.45) is 7.05 Å². The molecule has 2 heterocycles. The van der Waals surface area contributed by atoms with Crippen molar-refractivity contribution in [1.29, 1.82) is 0 Å². The Labute approximate surface area is 166 Å². The third-order valence-electron chi connectivity index (χ3n) is 5.41. The molecule has 146 valence electrons. The van der Waals surface area contributed by atoms with Crippen molar-refractivity contribution in [3.63, 3.8) is 0 Å². The number of esters is 1. The summed E-state index contributed by atoms with van der Waals surface area (Å²) in [5.74, 6) is -0.239. The highest BCUT2D eigenvalue weighted by atomic mass is 16.5. The highest BCUT2D eigenvalue weighted by Crippen LogP contribution is 2.22. The Morgan fingerprint density at radius 1 is 1.00 bits per heavy atom. The lowest BCUT2D eigenvalue weighted by Gasteiger charge is -2.24. The minimum Gasteiger partial charge on any atom is -0.456 e. The van der Waals surface area contributed by atoms with E-state index in [1.165, 1.54) is 5.56 Å². The number of aromatic nitrogens is 1. The Balaban J connectivity index is 1.49. The lowest BCUT2D eigenvalue weighted by Crippen LogP contribution is -2.36. The Bertz CT molecular complexity index is 951. The Hall–Kier alpha value is -2.63. The SMILES string of the molecule is CN1CCN(Cc2ccccc2)CC(OC(=O)c2cn(C)c3ccccc23)C1. The lowest BCUT2D eigenvalue weighted by atomic mass is 10.2. The van der Waals surface area contributed by atoms with Crippen LogP contribution in [0.4, 0.5) is 0 Å². The number of para-hydroxylation sites is 1. The fourth-order valence-electron chi connectivity index (χ4n) is 3.97. The molecule has 4 rings (SSSR count). The molecule has 0 radical (unpaired) electrons. The van der Waals surface area contributed by atoms with Crippen molar-refractivity contribution in [3.8, 4) is 0 Å². The number of carbonyl (C=O) groups excluding carboxylic acids is 1. The highest BCUT2D eigenvalue weighted by Gasteiger charge is 2.26. The summed E-state index contributed by atoms with van der Waals surface area (Å²) in [5, 5.41) is 0.943. The first-order valence-electron chi connectivity index (χ1n) is 9.80. The van der Waals surface area contributed by atoms with Crippen LogP contribution in [-0.4, -0.2) is 59.7 Å². The number of hydrogen-bond donors (Lipinski definition) is 0. The van der Waals surface area contributed by atoms with Crippen LogP contribution in [0.1, 0.15) is 15.9 Å². The Kier molecular flexibility index (Phi) is 5.46. The number of benzene rings is 2. The van der Waals surface area contributed by atoms with Crippen LogP contribution in [0, 0.1) is 0 Å². The summed E-state index contributed by atoms with van der Waals surface area (Å²) in [7, 11) is 4.05. The van der Waals surface area contributed by atoms with E-state index in [2.05, 4.69) is 41.1 Å². The average molecular weight is 377 g/mol. The molecule has 5 heteroatoms. The van der Waals surface area contributed by atoms with Crippen LogP contribution in [-0.2, 0) is 18.3 Å². The molecule has 2 aromatic carbocycles. The average Bonchev–Trinajstić information content (AvgIpc) is 2.93. The normalized spacial score (nSPS) is 18.9. The molecule has 28 heavy (non-hydrogen) atoms. The standard InChI is InChI=1S/C23H27N3O2/c1-24-12-13-26(14-18-8-4-3-5-9-18)16-19(15-24)28-23(27)21-17-25(2)22-11-7-6-10-20(21)22/h3-11,17,19H,12-16H2,1-2H3. The Morgan fingerprint density at radius 2 is 1.75 bits per heavy atom. The van der Waals surface area contributed by atoms with E-state index < -0.39 is 0 Å². The van der Waals surface area contributed by atoms with Crippen LogP contribution >= 0.6 is 0 Å². The Morgan fingerprint density at radius 3 is 2.57 bits per heavy atom. The third-order valence-corrected chi connectivity index (χ3v) is 5.41. The molecule has 1 aromatic heterocycles. The molecule has 0 spiro atoms. The van der Waals surface area contributed by atoms with Crippen LogP contribution in [0.3, 0.4) is 0 Å². The minimum atomic E-state index is -0.239. The molecule has 1 aliphatic heterocycles. The van der Waals surface area contributed by atoms with Crippen LogP contribution in [0.5, 0.6) is 0 Å². The molecule has 3 aromatic rings. The van der Waals surface area contributed by atoms with E-state index in [1.807, 2.05) is 48.1 Å². The number of nitrogens with zero attached hydrogens (tertiary/aromatic N) is 3. The number of carbonyl (C=O) groups is 1. The van der Waals surface area contributed by atoms with Gasteiger partial charge in [0.15, 0.2) is 0 Å². The zero-order valence-corrected chi connectivity index (χ0v) is 16.5. The summed E-state index contributed by atoms with van der Waals surface area (Å²) >= 11 is 0. The molecule has 1 saturated heterocycles. The lowest BCUT2D eigenvalue weighted by molar-refractivity contribution is 0.0195. The van der Waals surface area contributed by atoms with E-state index in [1.54, 1.807) is 0 Å². The summed E-state index contributed by atoms with van der Waals surface area (Å²) in [4.78, 5) is 17.6. The van der Waals surface area contributed by atoms with Gasteiger partial charge in [0.25, 0.3) is 0 Å². The van der Waals surface area contributed by atoms with Crippen LogP contribution in [0.25, 0.3) is 10.9 Å². The largest absolute Gasteiger partial charge is 0.456 e. The second kappa shape index (κ2) is 8.17. The summed E-state index contributed by atoms with van der Waals surface area (Å²) in [6, 6.07) is 18.4. The topological polar surface area (TPSA) is 37.7 Å². The van der Waals surface area contributed by atoms with Gasteiger partial charge in [0.1, 0.15) is 6.10 Å². The van der Waals surface area contributed by atoms with Gasteiger partial charge in [-0.2, -0.15) is 0 Å². The first-order chi connectivity index (χ1) is 13.6. The molecule has 0 amide bonds. The molecule has 0 bridgehead atoms. The van der Waals surface area contributed by atoms with Gasteiger partial charge in [-0.15, -0.1) is 0 Å². The number of likely N-dealkylation sites (N-methyl/N-ethyl adjacent to an activating group) is 1. The summed E-state index contributed by atoms with van der Waals surface area (Å²) in [6.07, 6.45) is 1.72. The molecule has 1 unspecified atom stereocenters. The van der Waals surface area contributed by atoms with E-state index in [4.69, 9.17) is 4.74 Å². The number of hydrogen-bond acceptors (Lipinski definition) is 4. The number of fused-ring (bicyclic) bond motifs is 1. The monoisotopic (exact) mass is 377 g/mol. The quantitative estimate of drug-likeness (QED) is 0.655. The molecule has 1 aliphatic rings. The van der Waals surface area contributed by atoms with Gasteiger partial charge in [-0.05, 0) is 18.7 Å². The number of aryl methyl sites for hydroxylation is 1. The van der Waals surface area contributed by atoms with Gasteiger partial charge < -0.3 is 14.2 Å². The maximum absolute atomic E-state index is 13.0. The van der Waals surface area contributed by atoms with Gasteiger partial charge in [0.05, 0.1) is 5.56 Å². The van der Waals surface area contributed by atoms with E-state index in [0.29, 0.717) is 5.56 Å². The maximum Gasteiger partial charge on any atom is 0.340 e. The molecule has 0 N–H and O–H groups in total. The molecular weight excluding hydrogens is 350 g/mol. The van der Waals surface area contributed by atoms with Gasteiger partial charge in [0, 0.05) is 56.9 Å². The van der Waals surface area contributed by atoms with Crippen molar-refractivity contribution in [2.75, 3.05) is 33.2 Å². The van der Waals surface area contributed by atoms with Crippen molar-refractivity contribution in [1.82, 2.24) is 14.4 Å². The van der Waals surface area contributed by atoms with Gasteiger partial charge in [-0.25, -0.2) is 4.79 Å². The fourth-order valence-corrected chi connectivity index (χ4v) is 3.97. The molecule has 1 atom stereocenters. The second-order valence-corrected chi connectivity index (χ2v) is 7.68. The second-order valence-electron chi connectivity index (χ2n) is 7.68. The van der Waals surface area contributed by atoms with E-state index in [9.17, 15) is 4.79 Å². The molecule has 5 nitrogen and oxygen atoms in total. The highest BCUT2D eigenvalue weighted by molar-refractivity contribution is 6.04. The molecule has 0 aliphatic carbocycles. The van der Waals surface area contributed by atoms with Crippen LogP contribution < -0.4 is 0 Å². The van der Waals surface area contributed by atoms with E-state index in [0.717, 1.165) is 43.6 Å². The van der Waals surface area contributed by atoms with Crippen molar-refractivity contribution >= 4 is 16.9 Å². The smallest absolute Gasteiger partial charge is 0.340 e. The molecule has 1 fully saturated rings. The fraction of sp³-hybridized carbons (Fsp3) is 0.348. The predicted octanol–water partition coefficient (Wildman–Crippen LogP) is 3.15. The molecular formula is C23H27N3O2. The zero-order valence-electron chi connectivity index (χ0n) is 16.5. The van der Waals surface area contributed by atoms with Crippen molar-refractivity contribution in [3.05, 3.63) is 71.9 Å². The zero-order chi connectivity index (χ0) is 19.5. The number of ether oxygens (including phenoxy) is 1. The van der Waals surface area contributed by atoms with Gasteiger partial charge >= 0.3 is 5.97 Å². The third kappa shape index (κ3) is 4.11. The van der Waals surface area contributed by atoms with Crippen molar-refractivity contribution in [2.45, 2.75) is 12.6 Å². The predicted molar refractivity (Wildman–Crippen MR) is 111 cm³/mol. The van der Waals surface area contributed by atoms with Gasteiger partial charge in [0.2, 0.25) is 0 Å². The van der Waals surface area contributed by atoms with E-state index in [-0.39, 0.29) is 12.1 Å². The van der Waals surface area contributed by atoms with Crippen LogP contribution in [0.15, 0.2) is 60.8 Å². The minimum absolute atomic E-state index is 0.150. The summed E-state index contributed by atoms with van der Waals surface area (Å²) in [5.41, 5.74) is 2.96. The van der Waals surface area contributed by atoms with Crippen LogP contribution in [0.2, 0.25) is 0 Å². The van der Waals surface area contributed by atoms with E-state index >= 15 is 0 Å². The van der Waals surface area contributed by atoms with Crippen molar-refractivity contribution < 1.29 is 9.53 Å². The van der Waals surface area contributed by atoms with Gasteiger partial charge in [-0.1, -0.05) is 48.5 Å². The molecule has 0 saturated carbocycles. The van der Waals surface area contributed by atoms with Gasteiger partial charge in [-0.3, -0.25) is 4.90 Å². The summed E-state index contributed by atoms with van der Waals surface area (Å²) < 4.78 is 7.96. The maximum atomic E-state index is 13.0.